The highest BCUT2D eigenvalue weighted by molar-refractivity contribution is 9.10. The maximum atomic E-state index is 4.41. The van der Waals surface area contributed by atoms with Crippen LogP contribution >= 0.6 is 15.9 Å². The second kappa shape index (κ2) is 4.31. The molecule has 0 saturated heterocycles. The molecule has 1 nitrogen and oxygen atoms in total. The lowest BCUT2D eigenvalue weighted by Crippen LogP contribution is -1.93. The summed E-state index contributed by atoms with van der Waals surface area (Å²) < 4.78 is 0.895. The Kier molecular flexibility index (Phi) is 3.06. The molecular formula is C13H14BrN. The molecule has 1 aromatic heterocycles. The summed E-state index contributed by atoms with van der Waals surface area (Å²) in [5, 5.41) is 1.22. The molecule has 0 unspecified atom stereocenters. The van der Waals surface area contributed by atoms with Gasteiger partial charge in [0.1, 0.15) is 4.60 Å². The fourth-order valence-electron chi connectivity index (χ4n) is 1.75. The van der Waals surface area contributed by atoms with Crippen molar-refractivity contribution in [2.75, 3.05) is 0 Å². The van der Waals surface area contributed by atoms with Gasteiger partial charge < -0.3 is 0 Å². The third-order valence-electron chi connectivity index (χ3n) is 2.36. The lowest BCUT2D eigenvalue weighted by Gasteiger charge is -2.06. The number of hydrogen-bond acceptors (Lipinski definition) is 1. The van der Waals surface area contributed by atoms with Crippen LogP contribution in [-0.2, 0) is 6.42 Å². The zero-order valence-electron chi connectivity index (χ0n) is 9.00. The molecule has 2 rings (SSSR count). The zero-order valence-corrected chi connectivity index (χ0v) is 10.6. The van der Waals surface area contributed by atoms with Crippen LogP contribution in [0.1, 0.15) is 19.4 Å². The van der Waals surface area contributed by atoms with Crippen molar-refractivity contribution in [3.63, 3.8) is 0 Å². The fraction of sp³-hybridized carbons (Fsp3) is 0.308. The molecule has 1 heterocycles. The smallest absolute Gasteiger partial charge is 0.106 e. The second-order valence-electron chi connectivity index (χ2n) is 4.26. The van der Waals surface area contributed by atoms with Gasteiger partial charge in [0, 0.05) is 5.39 Å². The lowest BCUT2D eigenvalue weighted by atomic mass is 10.0. The first-order valence-corrected chi connectivity index (χ1v) is 5.99. The van der Waals surface area contributed by atoms with Gasteiger partial charge >= 0.3 is 0 Å². The summed E-state index contributed by atoms with van der Waals surface area (Å²) in [4.78, 5) is 4.41. The number of halogens is 1. The van der Waals surface area contributed by atoms with E-state index >= 15 is 0 Å². The van der Waals surface area contributed by atoms with Gasteiger partial charge in [-0.2, -0.15) is 0 Å². The number of benzene rings is 1. The van der Waals surface area contributed by atoms with E-state index < -0.39 is 0 Å². The topological polar surface area (TPSA) is 12.9 Å². The van der Waals surface area contributed by atoms with E-state index in [9.17, 15) is 0 Å². The number of rotatable bonds is 2. The third kappa shape index (κ3) is 2.57. The second-order valence-corrected chi connectivity index (χ2v) is 5.07. The predicted octanol–water partition coefficient (Wildman–Crippen LogP) is 4.20. The Morgan fingerprint density at radius 1 is 1.20 bits per heavy atom. The van der Waals surface area contributed by atoms with Crippen LogP contribution in [-0.4, -0.2) is 4.98 Å². The minimum atomic E-state index is 0.700. The zero-order chi connectivity index (χ0) is 10.8. The molecule has 0 spiro atoms. The largest absolute Gasteiger partial charge is 0.241 e. The first-order valence-electron chi connectivity index (χ1n) is 5.20. The third-order valence-corrected chi connectivity index (χ3v) is 2.81. The standard InChI is InChI=1S/C13H14BrN/c1-9(2)7-10-3-5-12-11(8-10)4-6-13(14)15-12/h3-6,8-9H,7H2,1-2H3. The molecule has 0 amide bonds. The molecule has 0 bridgehead atoms. The van der Waals surface area contributed by atoms with Crippen LogP contribution in [0.4, 0.5) is 0 Å². The van der Waals surface area contributed by atoms with E-state index in [1.54, 1.807) is 0 Å². The molecule has 15 heavy (non-hydrogen) atoms. The predicted molar refractivity (Wildman–Crippen MR) is 68.0 cm³/mol. The molecule has 0 saturated carbocycles. The summed E-state index contributed by atoms with van der Waals surface area (Å²) in [6.07, 6.45) is 1.13. The van der Waals surface area contributed by atoms with Crippen molar-refractivity contribution in [1.29, 1.82) is 0 Å². The van der Waals surface area contributed by atoms with Gasteiger partial charge in [0.05, 0.1) is 5.52 Å². The van der Waals surface area contributed by atoms with Crippen molar-refractivity contribution < 1.29 is 0 Å². The molecule has 0 aliphatic heterocycles. The van der Waals surface area contributed by atoms with E-state index in [2.05, 4.69) is 59.0 Å². The number of hydrogen-bond donors (Lipinski definition) is 0. The average molecular weight is 264 g/mol. The van der Waals surface area contributed by atoms with E-state index in [4.69, 9.17) is 0 Å². The Bertz CT molecular complexity index is 477. The van der Waals surface area contributed by atoms with Gasteiger partial charge in [0.15, 0.2) is 0 Å². The molecule has 2 heteroatoms. The van der Waals surface area contributed by atoms with Crippen molar-refractivity contribution in [3.05, 3.63) is 40.5 Å². The molecule has 0 fully saturated rings. The monoisotopic (exact) mass is 263 g/mol. The summed E-state index contributed by atoms with van der Waals surface area (Å²) in [5.41, 5.74) is 2.44. The maximum Gasteiger partial charge on any atom is 0.106 e. The quantitative estimate of drug-likeness (QED) is 0.741. The summed E-state index contributed by atoms with van der Waals surface area (Å²) in [5.74, 6) is 0.700. The number of pyridine rings is 1. The van der Waals surface area contributed by atoms with Crippen LogP contribution in [0, 0.1) is 5.92 Å². The van der Waals surface area contributed by atoms with Crippen molar-refractivity contribution in [2.24, 2.45) is 5.92 Å². The van der Waals surface area contributed by atoms with Gasteiger partial charge in [-0.3, -0.25) is 0 Å². The Morgan fingerprint density at radius 2 is 2.00 bits per heavy atom. The van der Waals surface area contributed by atoms with Crippen LogP contribution in [0.15, 0.2) is 34.9 Å². The summed E-state index contributed by atoms with van der Waals surface area (Å²) in [6.45, 7) is 4.48. The minimum Gasteiger partial charge on any atom is -0.241 e. The molecular weight excluding hydrogens is 250 g/mol. The van der Waals surface area contributed by atoms with Crippen LogP contribution in [0.3, 0.4) is 0 Å². The first kappa shape index (κ1) is 10.6. The van der Waals surface area contributed by atoms with Crippen LogP contribution in [0.2, 0.25) is 0 Å². The first-order chi connectivity index (χ1) is 7.15. The highest BCUT2D eigenvalue weighted by atomic mass is 79.9. The summed E-state index contributed by atoms with van der Waals surface area (Å²) >= 11 is 3.38. The van der Waals surface area contributed by atoms with Crippen molar-refractivity contribution in [1.82, 2.24) is 4.98 Å². The summed E-state index contributed by atoms with van der Waals surface area (Å²) in [7, 11) is 0. The number of aromatic nitrogens is 1. The number of fused-ring (bicyclic) bond motifs is 1. The molecule has 0 atom stereocenters. The SMILES string of the molecule is CC(C)Cc1ccc2nc(Br)ccc2c1. The molecule has 0 aliphatic carbocycles. The minimum absolute atomic E-state index is 0.700. The molecule has 0 radical (unpaired) electrons. The molecule has 0 aliphatic rings. The molecule has 78 valence electrons. The molecule has 0 N–H and O–H groups in total. The van der Waals surface area contributed by atoms with E-state index in [1.807, 2.05) is 6.07 Å². The van der Waals surface area contributed by atoms with Crippen molar-refractivity contribution in [3.8, 4) is 0 Å². The average Bonchev–Trinajstić information content (AvgIpc) is 2.17. The molecule has 1 aromatic carbocycles. The van der Waals surface area contributed by atoms with Gasteiger partial charge in [-0.1, -0.05) is 26.0 Å². The van der Waals surface area contributed by atoms with Crippen molar-refractivity contribution in [2.45, 2.75) is 20.3 Å². The van der Waals surface area contributed by atoms with E-state index in [0.717, 1.165) is 16.5 Å². The molecule has 2 aromatic rings. The van der Waals surface area contributed by atoms with Gasteiger partial charge in [0.25, 0.3) is 0 Å². The Morgan fingerprint density at radius 3 is 2.73 bits per heavy atom. The number of nitrogens with zero attached hydrogens (tertiary/aromatic N) is 1. The van der Waals surface area contributed by atoms with Crippen LogP contribution in [0.25, 0.3) is 10.9 Å². The Balaban J connectivity index is 2.43. The van der Waals surface area contributed by atoms with Gasteiger partial charge in [-0.25, -0.2) is 4.98 Å². The fourth-order valence-corrected chi connectivity index (χ4v) is 2.07. The Hall–Kier alpha value is -0.890. The lowest BCUT2D eigenvalue weighted by molar-refractivity contribution is 0.648. The highest BCUT2D eigenvalue weighted by Crippen LogP contribution is 2.18. The van der Waals surface area contributed by atoms with E-state index in [0.29, 0.717) is 5.92 Å². The van der Waals surface area contributed by atoms with Crippen LogP contribution in [0.5, 0.6) is 0 Å². The van der Waals surface area contributed by atoms with E-state index in [1.165, 1.54) is 10.9 Å². The van der Waals surface area contributed by atoms with Crippen LogP contribution < -0.4 is 0 Å². The normalized spacial score (nSPS) is 11.2. The van der Waals surface area contributed by atoms with Gasteiger partial charge in [-0.05, 0) is 52.0 Å². The summed E-state index contributed by atoms with van der Waals surface area (Å²) in [6, 6.07) is 10.6. The van der Waals surface area contributed by atoms with Gasteiger partial charge in [-0.15, -0.1) is 0 Å². The highest BCUT2D eigenvalue weighted by Gasteiger charge is 2.00. The van der Waals surface area contributed by atoms with Gasteiger partial charge in [0.2, 0.25) is 0 Å². The Labute approximate surface area is 98.7 Å². The van der Waals surface area contributed by atoms with E-state index in [-0.39, 0.29) is 0 Å². The maximum absolute atomic E-state index is 4.41. The van der Waals surface area contributed by atoms with Crippen molar-refractivity contribution >= 4 is 26.8 Å².